The summed E-state index contributed by atoms with van der Waals surface area (Å²) in [5.41, 5.74) is 1.99. The van der Waals surface area contributed by atoms with Gasteiger partial charge in [-0.2, -0.15) is 0 Å². The normalized spacial score (nSPS) is 16.6. The van der Waals surface area contributed by atoms with E-state index in [1.165, 1.54) is 9.08 Å². The van der Waals surface area contributed by atoms with Gasteiger partial charge in [-0.1, -0.05) is 12.1 Å². The Morgan fingerprint density at radius 3 is 2.96 bits per heavy atom. The summed E-state index contributed by atoms with van der Waals surface area (Å²) in [7, 11) is 0. The lowest BCUT2D eigenvalue weighted by Gasteiger charge is -2.33. The highest BCUT2D eigenvalue weighted by molar-refractivity contribution is 5.95. The maximum atomic E-state index is 12.9. The van der Waals surface area contributed by atoms with Crippen molar-refractivity contribution in [2.24, 2.45) is 0 Å². The fourth-order valence-corrected chi connectivity index (χ4v) is 3.07. The highest BCUT2D eigenvalue weighted by Gasteiger charge is 2.28. The van der Waals surface area contributed by atoms with Gasteiger partial charge in [0, 0.05) is 6.20 Å². The molecule has 0 radical (unpaired) electrons. The van der Waals surface area contributed by atoms with Gasteiger partial charge < -0.3 is 9.64 Å². The molecule has 0 saturated heterocycles. The van der Waals surface area contributed by atoms with E-state index in [0.29, 0.717) is 17.9 Å². The summed E-state index contributed by atoms with van der Waals surface area (Å²) in [6, 6.07) is 11.0. The number of benzene rings is 1. The van der Waals surface area contributed by atoms with E-state index in [2.05, 4.69) is 5.10 Å². The first-order chi connectivity index (χ1) is 12.0. The van der Waals surface area contributed by atoms with E-state index < -0.39 is 0 Å². The number of ether oxygens (including phenoxy) is 1. The van der Waals surface area contributed by atoms with Crippen molar-refractivity contribution in [2.75, 3.05) is 11.4 Å². The second kappa shape index (κ2) is 5.77. The van der Waals surface area contributed by atoms with E-state index >= 15 is 0 Å². The van der Waals surface area contributed by atoms with Crippen molar-refractivity contribution in [2.45, 2.75) is 26.5 Å². The van der Waals surface area contributed by atoms with Crippen LogP contribution >= 0.6 is 0 Å². The maximum Gasteiger partial charge on any atom is 0.350 e. The van der Waals surface area contributed by atoms with Crippen molar-refractivity contribution in [3.05, 3.63) is 58.6 Å². The first-order valence-electron chi connectivity index (χ1n) is 8.15. The van der Waals surface area contributed by atoms with Crippen LogP contribution in [0, 0.1) is 6.92 Å². The zero-order valence-corrected chi connectivity index (χ0v) is 14.0. The molecule has 128 valence electrons. The van der Waals surface area contributed by atoms with Crippen molar-refractivity contribution < 1.29 is 9.53 Å². The molecule has 0 bridgehead atoms. The lowest BCUT2D eigenvalue weighted by atomic mass is 10.1. The Bertz CT molecular complexity index is 1020. The van der Waals surface area contributed by atoms with Crippen LogP contribution in [0.15, 0.2) is 47.4 Å². The molecule has 0 spiro atoms. The molecule has 4 rings (SSSR count). The Morgan fingerprint density at radius 1 is 1.32 bits per heavy atom. The minimum absolute atomic E-state index is 0.111. The van der Waals surface area contributed by atoms with Crippen LogP contribution in [0.1, 0.15) is 12.5 Å². The smallest absolute Gasteiger partial charge is 0.350 e. The molecular formula is C18H18N4O3. The molecule has 0 saturated carbocycles. The molecule has 0 unspecified atom stereocenters. The molecule has 2 aromatic heterocycles. The third kappa shape index (κ3) is 2.67. The standard InChI is InChI=1S/C18H18N4O3/c1-12-6-7-14-15(9-12)25-13(2)10-21(14)17(23)11-22-18(24)20-8-4-3-5-16(20)19-22/h3-9,13H,10-11H2,1-2H3/t13-/m1/s1. The van der Waals surface area contributed by atoms with E-state index in [1.54, 1.807) is 29.3 Å². The number of nitrogens with zero attached hydrogens (tertiary/aromatic N) is 4. The average Bonchev–Trinajstić information content (AvgIpc) is 2.90. The number of hydrogen-bond acceptors (Lipinski definition) is 4. The summed E-state index contributed by atoms with van der Waals surface area (Å²) in [5, 5.41) is 4.22. The number of amides is 1. The van der Waals surface area contributed by atoms with Crippen LogP contribution in [0.2, 0.25) is 0 Å². The monoisotopic (exact) mass is 338 g/mol. The second-order valence-corrected chi connectivity index (χ2v) is 6.27. The summed E-state index contributed by atoms with van der Waals surface area (Å²) in [4.78, 5) is 26.9. The summed E-state index contributed by atoms with van der Waals surface area (Å²) >= 11 is 0. The quantitative estimate of drug-likeness (QED) is 0.712. The number of carbonyl (C=O) groups excluding carboxylic acids is 1. The molecule has 1 aliphatic heterocycles. The average molecular weight is 338 g/mol. The molecule has 1 aliphatic rings. The number of rotatable bonds is 2. The summed E-state index contributed by atoms with van der Waals surface area (Å²) < 4.78 is 8.46. The van der Waals surface area contributed by atoms with Crippen LogP contribution in [-0.2, 0) is 11.3 Å². The molecule has 7 heteroatoms. The molecule has 3 aromatic rings. The molecule has 0 fully saturated rings. The molecule has 1 amide bonds. The van der Waals surface area contributed by atoms with E-state index in [9.17, 15) is 9.59 Å². The van der Waals surface area contributed by atoms with Crippen LogP contribution in [0.5, 0.6) is 5.75 Å². The number of carbonyl (C=O) groups is 1. The Balaban J connectivity index is 1.67. The zero-order valence-electron chi connectivity index (χ0n) is 14.0. The van der Waals surface area contributed by atoms with Gasteiger partial charge in [-0.15, -0.1) is 5.10 Å². The number of aromatic nitrogens is 3. The number of pyridine rings is 1. The van der Waals surface area contributed by atoms with E-state index in [1.807, 2.05) is 32.0 Å². The number of fused-ring (bicyclic) bond motifs is 2. The molecule has 3 heterocycles. The van der Waals surface area contributed by atoms with Crippen molar-refractivity contribution in [3.8, 4) is 5.75 Å². The summed E-state index contributed by atoms with van der Waals surface area (Å²) in [6.07, 6.45) is 1.52. The van der Waals surface area contributed by atoms with Gasteiger partial charge in [0.25, 0.3) is 0 Å². The molecule has 25 heavy (non-hydrogen) atoms. The van der Waals surface area contributed by atoms with Crippen molar-refractivity contribution >= 4 is 17.2 Å². The minimum atomic E-state index is -0.325. The third-order valence-corrected chi connectivity index (χ3v) is 4.25. The van der Waals surface area contributed by atoms with Gasteiger partial charge in [-0.3, -0.25) is 9.20 Å². The van der Waals surface area contributed by atoms with Crippen molar-refractivity contribution in [1.29, 1.82) is 0 Å². The van der Waals surface area contributed by atoms with E-state index in [-0.39, 0.29) is 24.2 Å². The summed E-state index contributed by atoms with van der Waals surface area (Å²) in [6.45, 7) is 4.23. The fraction of sp³-hybridized carbons (Fsp3) is 0.278. The van der Waals surface area contributed by atoms with E-state index in [4.69, 9.17) is 4.74 Å². The minimum Gasteiger partial charge on any atom is -0.487 e. The number of aryl methyl sites for hydroxylation is 1. The molecule has 1 aromatic carbocycles. The first-order valence-corrected chi connectivity index (χ1v) is 8.15. The zero-order chi connectivity index (χ0) is 17.6. The molecule has 0 aliphatic carbocycles. The molecule has 7 nitrogen and oxygen atoms in total. The van der Waals surface area contributed by atoms with Gasteiger partial charge in [0.2, 0.25) is 5.91 Å². The Morgan fingerprint density at radius 2 is 2.16 bits per heavy atom. The van der Waals surface area contributed by atoms with Crippen LogP contribution in [0.25, 0.3) is 5.65 Å². The second-order valence-electron chi connectivity index (χ2n) is 6.27. The van der Waals surface area contributed by atoms with Crippen LogP contribution in [0.3, 0.4) is 0 Å². The lowest BCUT2D eigenvalue weighted by Crippen LogP contribution is -2.44. The van der Waals surface area contributed by atoms with Gasteiger partial charge in [-0.05, 0) is 43.7 Å². The van der Waals surface area contributed by atoms with Crippen LogP contribution in [-0.4, -0.2) is 32.7 Å². The SMILES string of the molecule is Cc1ccc2c(c1)O[C@H](C)CN2C(=O)Cn1nc2ccccn2c1=O. The molecule has 0 N–H and O–H groups in total. The van der Waals surface area contributed by atoms with Crippen molar-refractivity contribution in [1.82, 2.24) is 14.2 Å². The first kappa shape index (κ1) is 15.4. The van der Waals surface area contributed by atoms with Gasteiger partial charge in [0.1, 0.15) is 18.4 Å². The van der Waals surface area contributed by atoms with Crippen molar-refractivity contribution in [3.63, 3.8) is 0 Å². The largest absolute Gasteiger partial charge is 0.487 e. The number of hydrogen-bond donors (Lipinski definition) is 0. The molecular weight excluding hydrogens is 320 g/mol. The van der Waals surface area contributed by atoms with Gasteiger partial charge in [0.05, 0.1) is 12.2 Å². The van der Waals surface area contributed by atoms with Gasteiger partial charge >= 0.3 is 5.69 Å². The van der Waals surface area contributed by atoms with Gasteiger partial charge in [-0.25, -0.2) is 9.48 Å². The van der Waals surface area contributed by atoms with E-state index in [0.717, 1.165) is 11.3 Å². The topological polar surface area (TPSA) is 68.8 Å². The highest BCUT2D eigenvalue weighted by atomic mass is 16.5. The predicted octanol–water partition coefficient (Wildman–Crippen LogP) is 1.62. The third-order valence-electron chi connectivity index (χ3n) is 4.25. The lowest BCUT2D eigenvalue weighted by molar-refractivity contribution is -0.119. The number of anilines is 1. The Labute approximate surface area is 144 Å². The summed E-state index contributed by atoms with van der Waals surface area (Å²) in [5.74, 6) is 0.500. The fourth-order valence-electron chi connectivity index (χ4n) is 3.07. The molecule has 1 atom stereocenters. The van der Waals surface area contributed by atoms with Crippen LogP contribution < -0.4 is 15.3 Å². The Hall–Kier alpha value is -3.09. The predicted molar refractivity (Wildman–Crippen MR) is 93.1 cm³/mol. The van der Waals surface area contributed by atoms with Gasteiger partial charge in [0.15, 0.2) is 5.65 Å². The van der Waals surface area contributed by atoms with Crippen LogP contribution in [0.4, 0.5) is 5.69 Å². The highest BCUT2D eigenvalue weighted by Crippen LogP contribution is 2.34. The Kier molecular flexibility index (Phi) is 3.56. The maximum absolute atomic E-state index is 12.9.